The van der Waals surface area contributed by atoms with Gasteiger partial charge < -0.3 is 10.1 Å². The summed E-state index contributed by atoms with van der Waals surface area (Å²) >= 11 is 1.58. The molecule has 1 aromatic heterocycles. The van der Waals surface area contributed by atoms with E-state index < -0.39 is 34.5 Å². The summed E-state index contributed by atoms with van der Waals surface area (Å²) in [6.07, 6.45) is 0.954. The van der Waals surface area contributed by atoms with Crippen LogP contribution < -0.4 is 15.8 Å². The predicted molar refractivity (Wildman–Crippen MR) is 107 cm³/mol. The molecule has 0 fully saturated rings. The molecule has 9 nitrogen and oxygen atoms in total. The van der Waals surface area contributed by atoms with Gasteiger partial charge in [-0.2, -0.15) is 0 Å². The molecule has 0 spiro atoms. The molecular weight excluding hydrogens is 418 g/mol. The first-order chi connectivity index (χ1) is 13.7. The van der Waals surface area contributed by atoms with Crippen molar-refractivity contribution in [2.45, 2.75) is 24.2 Å². The number of amides is 3. The highest BCUT2D eigenvalue weighted by Gasteiger charge is 2.12. The van der Waals surface area contributed by atoms with Crippen LogP contribution in [0.5, 0.6) is 0 Å². The monoisotopic (exact) mass is 439 g/mol. The number of primary sulfonamides is 1. The molecule has 156 valence electrons. The number of imide groups is 1. The molecule has 0 saturated carbocycles. The van der Waals surface area contributed by atoms with E-state index in [1.54, 1.807) is 23.5 Å². The molecule has 0 unspecified atom stereocenters. The second kappa shape index (κ2) is 10.7. The zero-order chi connectivity index (χ0) is 21.3. The Morgan fingerprint density at radius 3 is 2.41 bits per heavy atom. The largest absolute Gasteiger partial charge is 0.456 e. The van der Waals surface area contributed by atoms with Gasteiger partial charge in [0.05, 0.1) is 4.90 Å². The molecule has 1 aromatic carbocycles. The highest BCUT2D eigenvalue weighted by atomic mass is 32.2. The molecule has 0 radical (unpaired) electrons. The van der Waals surface area contributed by atoms with E-state index in [1.807, 2.05) is 17.5 Å². The van der Waals surface area contributed by atoms with E-state index in [1.165, 1.54) is 12.1 Å². The maximum atomic E-state index is 11.7. The van der Waals surface area contributed by atoms with Gasteiger partial charge in [-0.05, 0) is 42.0 Å². The summed E-state index contributed by atoms with van der Waals surface area (Å²) < 4.78 is 27.2. The Balaban J connectivity index is 1.62. The molecule has 0 aliphatic heterocycles. The lowest BCUT2D eigenvalue weighted by Crippen LogP contribution is -2.42. The third kappa shape index (κ3) is 8.42. The molecule has 2 aromatic rings. The fraction of sp³-hybridized carbons (Fsp3) is 0.278. The van der Waals surface area contributed by atoms with Crippen molar-refractivity contribution in [3.63, 3.8) is 0 Å². The summed E-state index contributed by atoms with van der Waals surface area (Å²) in [6.45, 7) is -0.189. The number of urea groups is 1. The van der Waals surface area contributed by atoms with Crippen LogP contribution in [-0.2, 0) is 37.2 Å². The van der Waals surface area contributed by atoms with Crippen molar-refractivity contribution >= 4 is 39.3 Å². The van der Waals surface area contributed by atoms with E-state index in [9.17, 15) is 22.8 Å². The molecule has 0 saturated heterocycles. The third-order valence-electron chi connectivity index (χ3n) is 3.72. The molecule has 0 aliphatic carbocycles. The first-order valence-corrected chi connectivity index (χ1v) is 11.0. The molecule has 11 heteroatoms. The van der Waals surface area contributed by atoms with Gasteiger partial charge in [-0.1, -0.05) is 18.2 Å². The number of benzene rings is 1. The van der Waals surface area contributed by atoms with Crippen molar-refractivity contribution in [2.75, 3.05) is 13.2 Å². The molecule has 1 heterocycles. The van der Waals surface area contributed by atoms with E-state index in [0.717, 1.165) is 4.88 Å². The number of rotatable bonds is 9. The first-order valence-electron chi connectivity index (χ1n) is 8.61. The number of hydrogen-bond acceptors (Lipinski definition) is 7. The maximum Gasteiger partial charge on any atom is 0.321 e. The molecule has 0 bridgehead atoms. The lowest BCUT2D eigenvalue weighted by Gasteiger charge is -2.07. The van der Waals surface area contributed by atoms with Crippen molar-refractivity contribution < 1.29 is 27.5 Å². The van der Waals surface area contributed by atoms with Crippen LogP contribution in [0.15, 0.2) is 46.7 Å². The van der Waals surface area contributed by atoms with Crippen LogP contribution in [0.1, 0.15) is 16.9 Å². The predicted octanol–water partition coefficient (Wildman–Crippen LogP) is 0.940. The summed E-state index contributed by atoms with van der Waals surface area (Å²) in [5, 5.41) is 11.6. The van der Waals surface area contributed by atoms with Crippen molar-refractivity contribution in [3.8, 4) is 0 Å². The van der Waals surface area contributed by atoms with Crippen LogP contribution in [0.3, 0.4) is 0 Å². The van der Waals surface area contributed by atoms with Crippen LogP contribution in [0.25, 0.3) is 0 Å². The Hall–Kier alpha value is -2.76. The topological polar surface area (TPSA) is 145 Å². The number of hydrogen-bond donors (Lipinski definition) is 3. The smallest absolute Gasteiger partial charge is 0.321 e. The van der Waals surface area contributed by atoms with Crippen LogP contribution in [0.2, 0.25) is 0 Å². The lowest BCUT2D eigenvalue weighted by molar-refractivity contribution is -0.148. The number of nitrogens with one attached hydrogen (secondary N) is 2. The highest BCUT2D eigenvalue weighted by molar-refractivity contribution is 7.89. The van der Waals surface area contributed by atoms with Crippen LogP contribution in [-0.4, -0.2) is 39.5 Å². The molecule has 0 aliphatic rings. The summed E-state index contributed by atoms with van der Waals surface area (Å²) in [5.74, 6) is -1.35. The van der Waals surface area contributed by atoms with Gasteiger partial charge in [0.1, 0.15) is 0 Å². The standard InChI is InChI=1S/C18H21N3O6S2/c19-29(25,26)15-6-3-13(4-7-15)5-8-17(23)27-12-16(22)21-18(24)20-10-9-14-2-1-11-28-14/h1-4,6-7,11H,5,8-10,12H2,(H2,19,25,26)(H2,20,21,22,24). The van der Waals surface area contributed by atoms with Crippen molar-refractivity contribution in [3.05, 3.63) is 52.2 Å². The fourth-order valence-electron chi connectivity index (χ4n) is 2.27. The minimum atomic E-state index is -3.76. The first kappa shape index (κ1) is 22.5. The molecule has 0 atom stereocenters. The van der Waals surface area contributed by atoms with Gasteiger partial charge in [-0.25, -0.2) is 18.4 Å². The number of aryl methyl sites for hydroxylation is 1. The average Bonchev–Trinajstić information content (AvgIpc) is 3.18. The van der Waals surface area contributed by atoms with Gasteiger partial charge >= 0.3 is 12.0 Å². The van der Waals surface area contributed by atoms with Crippen LogP contribution in [0.4, 0.5) is 4.79 Å². The van der Waals surface area contributed by atoms with Gasteiger partial charge in [0.15, 0.2) is 6.61 Å². The summed E-state index contributed by atoms with van der Waals surface area (Å²) in [4.78, 5) is 36.1. The van der Waals surface area contributed by atoms with E-state index in [-0.39, 0.29) is 11.3 Å². The molecule has 29 heavy (non-hydrogen) atoms. The van der Waals surface area contributed by atoms with Gasteiger partial charge in [0, 0.05) is 17.8 Å². The van der Waals surface area contributed by atoms with Gasteiger partial charge in [0.2, 0.25) is 10.0 Å². The second-order valence-electron chi connectivity index (χ2n) is 5.98. The normalized spacial score (nSPS) is 10.9. The van der Waals surface area contributed by atoms with E-state index in [4.69, 9.17) is 9.88 Å². The number of ether oxygens (including phenoxy) is 1. The number of thiophene rings is 1. The average molecular weight is 440 g/mol. The molecule has 3 amide bonds. The highest BCUT2D eigenvalue weighted by Crippen LogP contribution is 2.10. The number of carbonyl (C=O) groups excluding carboxylic acids is 3. The Kier molecular flexibility index (Phi) is 8.31. The van der Waals surface area contributed by atoms with Gasteiger partial charge in [0.25, 0.3) is 5.91 Å². The van der Waals surface area contributed by atoms with Crippen molar-refractivity contribution in [2.24, 2.45) is 5.14 Å². The van der Waals surface area contributed by atoms with E-state index in [2.05, 4.69) is 10.6 Å². The third-order valence-corrected chi connectivity index (χ3v) is 5.59. The summed E-state index contributed by atoms with van der Waals surface area (Å²) in [5.41, 5.74) is 0.712. The van der Waals surface area contributed by atoms with Crippen LogP contribution in [0, 0.1) is 0 Å². The Labute approximate surface area is 172 Å². The minimum Gasteiger partial charge on any atom is -0.456 e. The van der Waals surface area contributed by atoms with E-state index >= 15 is 0 Å². The molecule has 2 rings (SSSR count). The number of sulfonamides is 1. The summed E-state index contributed by atoms with van der Waals surface area (Å²) in [6, 6.07) is 8.99. The van der Waals surface area contributed by atoms with Crippen LogP contribution >= 0.6 is 11.3 Å². The van der Waals surface area contributed by atoms with Gasteiger partial charge in [-0.3, -0.25) is 14.9 Å². The quantitative estimate of drug-likeness (QED) is 0.496. The fourth-order valence-corrected chi connectivity index (χ4v) is 3.50. The van der Waals surface area contributed by atoms with Crippen molar-refractivity contribution in [1.29, 1.82) is 0 Å². The SMILES string of the molecule is NS(=O)(=O)c1ccc(CCC(=O)OCC(=O)NC(=O)NCCc2cccs2)cc1. The zero-order valence-electron chi connectivity index (χ0n) is 15.4. The zero-order valence-corrected chi connectivity index (χ0v) is 17.1. The Morgan fingerprint density at radius 1 is 1.07 bits per heavy atom. The molecular formula is C18H21N3O6S2. The van der Waals surface area contributed by atoms with Crippen molar-refractivity contribution in [1.82, 2.24) is 10.6 Å². The maximum absolute atomic E-state index is 11.7. The summed E-state index contributed by atoms with van der Waals surface area (Å²) in [7, 11) is -3.76. The minimum absolute atomic E-state index is 0.00495. The second-order valence-corrected chi connectivity index (χ2v) is 8.58. The number of esters is 1. The van der Waals surface area contributed by atoms with E-state index in [0.29, 0.717) is 24.9 Å². The Bertz CT molecular complexity index is 940. The lowest BCUT2D eigenvalue weighted by atomic mass is 10.1. The number of nitrogens with two attached hydrogens (primary N) is 1. The number of carbonyl (C=O) groups is 3. The van der Waals surface area contributed by atoms with Gasteiger partial charge in [-0.15, -0.1) is 11.3 Å². The Morgan fingerprint density at radius 2 is 1.79 bits per heavy atom. The molecule has 4 N–H and O–H groups in total.